The number of carbonyl (C=O) groups is 2. The van der Waals surface area contributed by atoms with E-state index in [4.69, 9.17) is 16.1 Å². The van der Waals surface area contributed by atoms with Crippen molar-refractivity contribution in [1.29, 1.82) is 0 Å². The minimum absolute atomic E-state index is 0.0783. The van der Waals surface area contributed by atoms with Crippen LogP contribution in [0.5, 0.6) is 0 Å². The molecule has 2 aromatic heterocycles. The summed E-state index contributed by atoms with van der Waals surface area (Å²) in [5.41, 5.74) is 1.54. The van der Waals surface area contributed by atoms with Crippen LogP contribution >= 0.6 is 11.6 Å². The van der Waals surface area contributed by atoms with Crippen molar-refractivity contribution in [1.82, 2.24) is 19.8 Å². The molecule has 1 fully saturated rings. The molecule has 1 amide bonds. The van der Waals surface area contributed by atoms with Crippen LogP contribution in [0.25, 0.3) is 11.3 Å². The van der Waals surface area contributed by atoms with Crippen molar-refractivity contribution < 1.29 is 14.1 Å². The Bertz CT molecular complexity index is 1020. The molecule has 0 aliphatic carbocycles. The second kappa shape index (κ2) is 7.59. The molecule has 1 aliphatic rings. The molecule has 7 nitrogen and oxygen atoms in total. The first-order valence-electron chi connectivity index (χ1n) is 9.07. The van der Waals surface area contributed by atoms with E-state index >= 15 is 0 Å². The minimum Gasteiger partial charge on any atom is -0.355 e. The topological polar surface area (TPSA) is 81.2 Å². The fraction of sp³-hybridized carbons (Fsp3) is 0.300. The number of ketones is 1. The van der Waals surface area contributed by atoms with E-state index in [0.717, 1.165) is 0 Å². The molecule has 0 radical (unpaired) electrons. The number of hydrogen-bond donors (Lipinski definition) is 0. The number of rotatable bonds is 4. The lowest BCUT2D eigenvalue weighted by Gasteiger charge is -2.30. The third-order valence-corrected chi connectivity index (χ3v) is 5.42. The van der Waals surface area contributed by atoms with Crippen molar-refractivity contribution in [2.24, 2.45) is 13.0 Å². The van der Waals surface area contributed by atoms with Crippen LogP contribution in [-0.2, 0) is 7.05 Å². The van der Waals surface area contributed by atoms with E-state index in [1.807, 2.05) is 18.2 Å². The molecule has 0 bridgehead atoms. The molecule has 4 rings (SSSR count). The van der Waals surface area contributed by atoms with E-state index in [-0.39, 0.29) is 23.3 Å². The number of nitrogens with zero attached hydrogens (tertiary/aromatic N) is 4. The molecular formula is C20H19ClN4O3. The highest BCUT2D eigenvalue weighted by molar-refractivity contribution is 6.33. The number of hydrogen-bond acceptors (Lipinski definition) is 5. The summed E-state index contributed by atoms with van der Waals surface area (Å²) in [5, 5.41) is 8.50. The fourth-order valence-corrected chi connectivity index (χ4v) is 3.72. The van der Waals surface area contributed by atoms with Gasteiger partial charge in [0.1, 0.15) is 5.69 Å². The molecule has 1 aliphatic heterocycles. The lowest BCUT2D eigenvalue weighted by atomic mass is 9.91. The zero-order chi connectivity index (χ0) is 19.7. The molecular weight excluding hydrogens is 380 g/mol. The van der Waals surface area contributed by atoms with Gasteiger partial charge < -0.3 is 9.42 Å². The van der Waals surface area contributed by atoms with Crippen molar-refractivity contribution >= 4 is 23.3 Å². The Morgan fingerprint density at radius 2 is 1.93 bits per heavy atom. The fourth-order valence-electron chi connectivity index (χ4n) is 3.50. The number of aryl methyl sites for hydroxylation is 1. The number of amides is 1. The van der Waals surface area contributed by atoms with E-state index in [0.29, 0.717) is 48.0 Å². The normalized spacial score (nSPS) is 15.0. The zero-order valence-corrected chi connectivity index (χ0v) is 16.1. The molecule has 1 aromatic carbocycles. The van der Waals surface area contributed by atoms with Gasteiger partial charge in [0, 0.05) is 43.9 Å². The van der Waals surface area contributed by atoms with Gasteiger partial charge in [0.2, 0.25) is 0 Å². The second-order valence-corrected chi connectivity index (χ2v) is 7.23. The van der Waals surface area contributed by atoms with Crippen molar-refractivity contribution in [3.8, 4) is 11.3 Å². The second-order valence-electron chi connectivity index (χ2n) is 6.83. The third-order valence-electron chi connectivity index (χ3n) is 5.09. The Hall–Kier alpha value is -2.93. The van der Waals surface area contributed by atoms with Gasteiger partial charge in [-0.1, -0.05) is 28.9 Å². The van der Waals surface area contributed by atoms with Crippen LogP contribution in [0.1, 0.15) is 33.8 Å². The molecule has 0 atom stereocenters. The van der Waals surface area contributed by atoms with Crippen LogP contribution in [0.4, 0.5) is 0 Å². The van der Waals surface area contributed by atoms with Gasteiger partial charge >= 0.3 is 0 Å². The number of piperidine rings is 1. The van der Waals surface area contributed by atoms with Gasteiger partial charge in [-0.05, 0) is 31.0 Å². The molecule has 0 spiro atoms. The van der Waals surface area contributed by atoms with E-state index in [9.17, 15) is 9.59 Å². The molecule has 0 unspecified atom stereocenters. The third kappa shape index (κ3) is 3.45. The quantitative estimate of drug-likeness (QED) is 0.628. The summed E-state index contributed by atoms with van der Waals surface area (Å²) in [4.78, 5) is 27.1. The smallest absolute Gasteiger partial charge is 0.276 e. The summed E-state index contributed by atoms with van der Waals surface area (Å²) in [5.74, 6) is 0.230. The highest BCUT2D eigenvalue weighted by atomic mass is 35.5. The summed E-state index contributed by atoms with van der Waals surface area (Å²) >= 11 is 6.17. The van der Waals surface area contributed by atoms with Crippen molar-refractivity contribution in [2.45, 2.75) is 12.8 Å². The Morgan fingerprint density at radius 3 is 2.61 bits per heavy atom. The van der Waals surface area contributed by atoms with E-state index < -0.39 is 0 Å². The number of halogens is 1. The van der Waals surface area contributed by atoms with Gasteiger partial charge in [-0.3, -0.25) is 14.3 Å². The van der Waals surface area contributed by atoms with Gasteiger partial charge in [-0.15, -0.1) is 0 Å². The Balaban J connectivity index is 1.41. The van der Waals surface area contributed by atoms with Crippen molar-refractivity contribution in [3.63, 3.8) is 0 Å². The molecule has 8 heteroatoms. The van der Waals surface area contributed by atoms with Gasteiger partial charge in [0.25, 0.3) is 5.91 Å². The Morgan fingerprint density at radius 1 is 1.18 bits per heavy atom. The van der Waals surface area contributed by atoms with Crippen LogP contribution in [-0.4, -0.2) is 44.6 Å². The maximum Gasteiger partial charge on any atom is 0.276 e. The summed E-state index contributed by atoms with van der Waals surface area (Å²) in [7, 11) is 1.76. The predicted octanol–water partition coefficient (Wildman–Crippen LogP) is 3.46. The Labute approximate surface area is 166 Å². The molecule has 3 aromatic rings. The lowest BCUT2D eigenvalue weighted by molar-refractivity contribution is 0.0639. The maximum absolute atomic E-state index is 12.8. The van der Waals surface area contributed by atoms with Crippen LogP contribution in [0.3, 0.4) is 0 Å². The number of Topliss-reactive ketones (excluding diaryl/α,β-unsaturated/α-hetero) is 1. The maximum atomic E-state index is 12.8. The molecule has 0 saturated carbocycles. The van der Waals surface area contributed by atoms with Crippen molar-refractivity contribution in [2.75, 3.05) is 13.1 Å². The van der Waals surface area contributed by atoms with Gasteiger partial charge in [0.05, 0.1) is 5.02 Å². The average molecular weight is 399 g/mol. The van der Waals surface area contributed by atoms with Gasteiger partial charge in [-0.2, -0.15) is 5.10 Å². The first-order valence-corrected chi connectivity index (χ1v) is 9.45. The lowest BCUT2D eigenvalue weighted by Crippen LogP contribution is -2.40. The van der Waals surface area contributed by atoms with E-state index in [2.05, 4.69) is 10.3 Å². The molecule has 3 heterocycles. The number of benzene rings is 1. The molecule has 0 N–H and O–H groups in total. The zero-order valence-electron chi connectivity index (χ0n) is 15.3. The minimum atomic E-state index is -0.200. The first-order chi connectivity index (χ1) is 13.5. The first kappa shape index (κ1) is 18.4. The highest BCUT2D eigenvalue weighted by Crippen LogP contribution is 2.29. The number of likely N-dealkylation sites (tertiary alicyclic amines) is 1. The van der Waals surface area contributed by atoms with E-state index in [1.165, 1.54) is 0 Å². The van der Waals surface area contributed by atoms with Crippen LogP contribution in [0.15, 0.2) is 47.1 Å². The molecule has 1 saturated heterocycles. The largest absolute Gasteiger partial charge is 0.355 e. The number of carbonyl (C=O) groups excluding carboxylic acids is 2. The SMILES string of the molecule is Cn1nccc1C(=O)C1CCN(C(=O)c2cc(-c3ccccc3Cl)on2)CC1. The average Bonchev–Trinajstić information content (AvgIpc) is 3.37. The van der Waals surface area contributed by atoms with Crippen LogP contribution in [0.2, 0.25) is 5.02 Å². The monoisotopic (exact) mass is 398 g/mol. The van der Waals surface area contributed by atoms with Crippen LogP contribution < -0.4 is 0 Å². The standard InChI is InChI=1S/C20H19ClN4O3/c1-24-17(6-9-22-24)19(26)13-7-10-25(11-8-13)20(27)16-12-18(28-23-16)14-4-2-3-5-15(14)21/h2-6,9,12-13H,7-8,10-11H2,1H3. The van der Waals surface area contributed by atoms with Gasteiger partial charge in [-0.25, -0.2) is 0 Å². The van der Waals surface area contributed by atoms with Gasteiger partial charge in [0.15, 0.2) is 17.2 Å². The number of aromatic nitrogens is 3. The summed E-state index contributed by atoms with van der Waals surface area (Å²) in [6.45, 7) is 1.00. The summed E-state index contributed by atoms with van der Waals surface area (Å²) in [6, 6.07) is 10.6. The summed E-state index contributed by atoms with van der Waals surface area (Å²) in [6.07, 6.45) is 2.85. The van der Waals surface area contributed by atoms with E-state index in [1.54, 1.807) is 41.0 Å². The highest BCUT2D eigenvalue weighted by Gasteiger charge is 2.30. The predicted molar refractivity (Wildman–Crippen MR) is 103 cm³/mol. The molecule has 28 heavy (non-hydrogen) atoms. The Kier molecular flexibility index (Phi) is 5.00. The summed E-state index contributed by atoms with van der Waals surface area (Å²) < 4.78 is 6.91. The van der Waals surface area contributed by atoms with Crippen molar-refractivity contribution in [3.05, 3.63) is 59.0 Å². The van der Waals surface area contributed by atoms with Crippen LogP contribution in [0, 0.1) is 5.92 Å². The molecule has 144 valence electrons.